The molecule has 7 heteroatoms. The molecule has 0 saturated heterocycles. The van der Waals surface area contributed by atoms with Crippen molar-refractivity contribution in [3.05, 3.63) is 41.4 Å². The molecule has 7 nitrogen and oxygen atoms in total. The fourth-order valence-corrected chi connectivity index (χ4v) is 2.01. The first kappa shape index (κ1) is 15.4. The lowest BCUT2D eigenvalue weighted by Gasteiger charge is -2.04. The van der Waals surface area contributed by atoms with Gasteiger partial charge in [-0.15, -0.1) is 0 Å². The lowest BCUT2D eigenvalue weighted by Crippen LogP contribution is -2.31. The largest absolute Gasteiger partial charge is 0.465 e. The van der Waals surface area contributed by atoms with E-state index in [0.717, 1.165) is 0 Å². The third kappa shape index (κ3) is 3.01. The fraction of sp³-hybridized carbons (Fsp3) is 0.267. The molecule has 0 spiro atoms. The van der Waals surface area contributed by atoms with E-state index in [2.05, 4.69) is 5.32 Å². The number of esters is 1. The molecule has 1 amide bonds. The van der Waals surface area contributed by atoms with E-state index in [4.69, 9.17) is 9.15 Å². The zero-order chi connectivity index (χ0) is 16.1. The summed E-state index contributed by atoms with van der Waals surface area (Å²) >= 11 is 0. The zero-order valence-electron chi connectivity index (χ0n) is 12.3. The standard InChI is InChI=1S/C15H15N3O4/c1-3-21-12(19)9-17-14(20)13-10(2)22-15(11(13)8-16)18-6-4-5-7-18/h4-7H,3,9H2,1-2H3,(H,17,20). The van der Waals surface area contributed by atoms with Gasteiger partial charge in [0.2, 0.25) is 5.88 Å². The molecule has 0 atom stereocenters. The number of ether oxygens (including phenoxy) is 1. The first-order chi connectivity index (χ1) is 10.6. The number of furan rings is 1. The normalized spacial score (nSPS) is 10.0. The van der Waals surface area contributed by atoms with Crippen LogP contribution in [0.2, 0.25) is 0 Å². The Bertz CT molecular complexity index is 723. The third-order valence-corrected chi connectivity index (χ3v) is 2.94. The number of hydrogen-bond acceptors (Lipinski definition) is 5. The Kier molecular flexibility index (Phi) is 4.63. The second-order valence-corrected chi connectivity index (χ2v) is 4.40. The molecular weight excluding hydrogens is 286 g/mol. The summed E-state index contributed by atoms with van der Waals surface area (Å²) in [6.45, 7) is 3.24. The van der Waals surface area contributed by atoms with Gasteiger partial charge in [-0.2, -0.15) is 5.26 Å². The molecule has 2 rings (SSSR count). The molecule has 0 aromatic carbocycles. The van der Waals surface area contributed by atoms with Gasteiger partial charge in [-0.3, -0.25) is 14.2 Å². The molecular formula is C15H15N3O4. The number of aromatic nitrogens is 1. The highest BCUT2D eigenvalue weighted by molar-refractivity contribution is 5.99. The summed E-state index contributed by atoms with van der Waals surface area (Å²) in [5.74, 6) is -0.515. The van der Waals surface area contributed by atoms with E-state index in [-0.39, 0.29) is 30.2 Å². The minimum atomic E-state index is -0.552. The number of carbonyl (C=O) groups is 2. The molecule has 22 heavy (non-hydrogen) atoms. The van der Waals surface area contributed by atoms with Gasteiger partial charge in [0.05, 0.1) is 6.61 Å². The van der Waals surface area contributed by atoms with Crippen LogP contribution in [0, 0.1) is 18.3 Å². The Labute approximate surface area is 127 Å². The van der Waals surface area contributed by atoms with E-state index in [1.807, 2.05) is 6.07 Å². The fourth-order valence-electron chi connectivity index (χ4n) is 2.01. The van der Waals surface area contributed by atoms with E-state index in [1.54, 1.807) is 42.9 Å². The van der Waals surface area contributed by atoms with Crippen molar-refractivity contribution in [2.24, 2.45) is 0 Å². The van der Waals surface area contributed by atoms with Crippen LogP contribution in [0.4, 0.5) is 0 Å². The molecule has 0 saturated carbocycles. The molecule has 114 valence electrons. The maximum atomic E-state index is 12.2. The lowest BCUT2D eigenvalue weighted by atomic mass is 10.1. The molecule has 1 N–H and O–H groups in total. The SMILES string of the molecule is CCOC(=O)CNC(=O)c1c(C)oc(-n2cccc2)c1C#N. The van der Waals surface area contributed by atoms with Crippen molar-refractivity contribution in [2.75, 3.05) is 13.2 Å². The molecule has 0 fully saturated rings. The second kappa shape index (κ2) is 6.63. The summed E-state index contributed by atoms with van der Waals surface area (Å²) in [6.07, 6.45) is 3.42. The van der Waals surface area contributed by atoms with Gasteiger partial charge in [0.25, 0.3) is 5.91 Å². The summed E-state index contributed by atoms with van der Waals surface area (Å²) in [6, 6.07) is 5.53. The first-order valence-electron chi connectivity index (χ1n) is 6.69. The predicted molar refractivity (Wildman–Crippen MR) is 76.5 cm³/mol. The van der Waals surface area contributed by atoms with Crippen LogP contribution in [0.3, 0.4) is 0 Å². The van der Waals surface area contributed by atoms with Gasteiger partial charge in [0.1, 0.15) is 29.5 Å². The lowest BCUT2D eigenvalue weighted by molar-refractivity contribution is -0.141. The molecule has 2 heterocycles. The molecule has 0 aliphatic heterocycles. The van der Waals surface area contributed by atoms with Crippen molar-refractivity contribution < 1.29 is 18.7 Å². The van der Waals surface area contributed by atoms with Crippen molar-refractivity contribution >= 4 is 11.9 Å². The van der Waals surface area contributed by atoms with Crippen LogP contribution in [0.1, 0.15) is 28.6 Å². The number of aryl methyl sites for hydroxylation is 1. The van der Waals surface area contributed by atoms with Gasteiger partial charge in [-0.05, 0) is 26.0 Å². The monoisotopic (exact) mass is 301 g/mol. The van der Waals surface area contributed by atoms with Gasteiger partial charge in [0, 0.05) is 12.4 Å². The molecule has 0 radical (unpaired) electrons. The van der Waals surface area contributed by atoms with Gasteiger partial charge < -0.3 is 14.5 Å². The molecule has 0 bridgehead atoms. The van der Waals surface area contributed by atoms with Crippen molar-refractivity contribution in [2.45, 2.75) is 13.8 Å². The number of amides is 1. The van der Waals surface area contributed by atoms with Gasteiger partial charge in [0.15, 0.2) is 0 Å². The number of nitrogens with one attached hydrogen (secondary N) is 1. The van der Waals surface area contributed by atoms with Crippen molar-refractivity contribution in [3.63, 3.8) is 0 Å². The van der Waals surface area contributed by atoms with Crippen molar-refractivity contribution in [3.8, 4) is 12.0 Å². The molecule has 0 aliphatic carbocycles. The van der Waals surface area contributed by atoms with Crippen molar-refractivity contribution in [1.82, 2.24) is 9.88 Å². The predicted octanol–water partition coefficient (Wildman–Crippen LogP) is 1.54. The van der Waals surface area contributed by atoms with E-state index in [1.165, 1.54) is 0 Å². The minimum Gasteiger partial charge on any atom is -0.465 e. The average Bonchev–Trinajstić information content (AvgIpc) is 3.12. The van der Waals surface area contributed by atoms with Crippen molar-refractivity contribution in [1.29, 1.82) is 5.26 Å². The minimum absolute atomic E-state index is 0.120. The van der Waals surface area contributed by atoms with Crippen LogP contribution in [0.5, 0.6) is 0 Å². The Morgan fingerprint density at radius 2 is 2.09 bits per heavy atom. The second-order valence-electron chi connectivity index (χ2n) is 4.40. The number of rotatable bonds is 5. The highest BCUT2D eigenvalue weighted by Gasteiger charge is 2.24. The Balaban J connectivity index is 2.26. The summed E-state index contributed by atoms with van der Waals surface area (Å²) in [4.78, 5) is 23.5. The highest BCUT2D eigenvalue weighted by Crippen LogP contribution is 2.25. The number of nitrogens with zero attached hydrogens (tertiary/aromatic N) is 2. The topological polar surface area (TPSA) is 97.3 Å². The van der Waals surface area contributed by atoms with Gasteiger partial charge in [-0.25, -0.2) is 0 Å². The molecule has 2 aromatic rings. The van der Waals surface area contributed by atoms with E-state index >= 15 is 0 Å². The number of carbonyl (C=O) groups excluding carboxylic acids is 2. The quantitative estimate of drug-likeness (QED) is 0.845. The summed E-state index contributed by atoms with van der Waals surface area (Å²) in [5.41, 5.74) is 0.241. The highest BCUT2D eigenvalue weighted by atomic mass is 16.5. The Morgan fingerprint density at radius 3 is 2.68 bits per heavy atom. The van der Waals surface area contributed by atoms with Crippen LogP contribution in [0.25, 0.3) is 5.88 Å². The van der Waals surface area contributed by atoms with E-state index in [9.17, 15) is 14.9 Å². The van der Waals surface area contributed by atoms with Gasteiger partial charge in [-0.1, -0.05) is 0 Å². The summed E-state index contributed by atoms with van der Waals surface area (Å²) < 4.78 is 11.9. The van der Waals surface area contributed by atoms with Crippen LogP contribution < -0.4 is 5.32 Å². The van der Waals surface area contributed by atoms with E-state index < -0.39 is 11.9 Å². The average molecular weight is 301 g/mol. The number of hydrogen-bond donors (Lipinski definition) is 1. The third-order valence-electron chi connectivity index (χ3n) is 2.94. The molecule has 0 unspecified atom stereocenters. The number of nitriles is 1. The van der Waals surface area contributed by atoms with Crippen LogP contribution in [0.15, 0.2) is 28.9 Å². The maximum absolute atomic E-state index is 12.2. The Hall–Kier alpha value is -3.01. The van der Waals surface area contributed by atoms with E-state index in [0.29, 0.717) is 5.76 Å². The zero-order valence-corrected chi connectivity index (χ0v) is 12.3. The maximum Gasteiger partial charge on any atom is 0.325 e. The summed E-state index contributed by atoms with van der Waals surface area (Å²) in [5, 5.41) is 11.8. The van der Waals surface area contributed by atoms with Gasteiger partial charge >= 0.3 is 5.97 Å². The van der Waals surface area contributed by atoms with Crippen LogP contribution in [-0.4, -0.2) is 29.6 Å². The molecule has 0 aliphatic rings. The van der Waals surface area contributed by atoms with Crippen LogP contribution >= 0.6 is 0 Å². The van der Waals surface area contributed by atoms with Crippen LogP contribution in [-0.2, 0) is 9.53 Å². The first-order valence-corrected chi connectivity index (χ1v) is 6.69. The Morgan fingerprint density at radius 1 is 1.41 bits per heavy atom. The summed E-state index contributed by atoms with van der Waals surface area (Å²) in [7, 11) is 0. The molecule has 2 aromatic heterocycles. The smallest absolute Gasteiger partial charge is 0.325 e.